The zero-order valence-electron chi connectivity index (χ0n) is 17.5. The molecule has 32 heavy (non-hydrogen) atoms. The SMILES string of the molecule is COc1ccc(C2=NO[C@H]3[C@@H]4C[C@H]([C@H]5C(=O)N(c6ccc(Cl)cc6)C(=O)[C@H]45)[C@H]23)c(OC)c1. The molecule has 0 unspecified atom stereocenters. The van der Waals surface area contributed by atoms with Crippen molar-refractivity contribution in [3.63, 3.8) is 0 Å². The Hall–Kier alpha value is -3.06. The predicted molar refractivity (Wildman–Crippen MR) is 117 cm³/mol. The molecule has 2 saturated carbocycles. The summed E-state index contributed by atoms with van der Waals surface area (Å²) in [7, 11) is 3.21. The summed E-state index contributed by atoms with van der Waals surface area (Å²) in [5.74, 6) is 0.232. The lowest BCUT2D eigenvalue weighted by Gasteiger charge is -2.30. The van der Waals surface area contributed by atoms with Crippen LogP contribution in [-0.2, 0) is 14.4 Å². The molecule has 1 saturated heterocycles. The van der Waals surface area contributed by atoms with E-state index in [2.05, 4.69) is 5.16 Å². The Bertz CT molecular complexity index is 1160. The Labute approximate surface area is 189 Å². The molecule has 0 radical (unpaired) electrons. The lowest BCUT2D eigenvalue weighted by molar-refractivity contribution is -0.125. The molecule has 6 atom stereocenters. The van der Waals surface area contributed by atoms with Gasteiger partial charge in [0, 0.05) is 28.5 Å². The third-order valence-corrected chi connectivity index (χ3v) is 7.71. The molecule has 2 aliphatic heterocycles. The van der Waals surface area contributed by atoms with Crippen molar-refractivity contribution in [2.45, 2.75) is 12.5 Å². The minimum Gasteiger partial charge on any atom is -0.497 e. The first kappa shape index (κ1) is 19.6. The molecule has 164 valence electrons. The molecule has 6 rings (SSSR count). The molecular weight excluding hydrogens is 432 g/mol. The van der Waals surface area contributed by atoms with E-state index >= 15 is 0 Å². The topological polar surface area (TPSA) is 77.4 Å². The number of hydrogen-bond acceptors (Lipinski definition) is 6. The molecular formula is C24H21ClN2O5. The van der Waals surface area contributed by atoms with Crippen LogP contribution in [0.25, 0.3) is 0 Å². The van der Waals surface area contributed by atoms with Gasteiger partial charge in [0.05, 0.1) is 37.5 Å². The number of carbonyl (C=O) groups is 2. The number of anilines is 1. The van der Waals surface area contributed by atoms with Crippen LogP contribution in [0.2, 0.25) is 5.02 Å². The van der Waals surface area contributed by atoms with Crippen LogP contribution >= 0.6 is 11.6 Å². The Kier molecular flexibility index (Phi) is 4.27. The van der Waals surface area contributed by atoms with E-state index in [1.54, 1.807) is 38.5 Å². The Balaban J connectivity index is 1.35. The van der Waals surface area contributed by atoms with Crippen molar-refractivity contribution in [1.29, 1.82) is 0 Å². The summed E-state index contributed by atoms with van der Waals surface area (Å²) in [6.07, 6.45) is 0.582. The molecule has 2 aliphatic carbocycles. The molecule has 2 bridgehead atoms. The second-order valence-corrected chi connectivity index (χ2v) is 9.18. The average molecular weight is 453 g/mol. The largest absolute Gasteiger partial charge is 0.497 e. The Morgan fingerprint density at radius 1 is 0.969 bits per heavy atom. The van der Waals surface area contributed by atoms with Crippen molar-refractivity contribution in [3.8, 4) is 11.5 Å². The van der Waals surface area contributed by atoms with E-state index in [1.165, 1.54) is 4.90 Å². The summed E-state index contributed by atoms with van der Waals surface area (Å²) in [5.41, 5.74) is 2.18. The van der Waals surface area contributed by atoms with E-state index in [1.807, 2.05) is 18.2 Å². The first-order valence-corrected chi connectivity index (χ1v) is 11.0. The standard InChI is InChI=1S/C24H21ClN2O5/c1-30-13-7-8-14(17(9-13)31-2)21-20-15-10-16(22(20)32-26-21)19-18(15)23(28)27(24(19)29)12-5-3-11(25)4-6-12/h3-9,15-16,18-20,22H,10H2,1-2H3/t15-,16-,18-,19-,20-,22+/m1/s1. The third kappa shape index (κ3) is 2.51. The van der Waals surface area contributed by atoms with Gasteiger partial charge in [-0.05, 0) is 48.7 Å². The number of hydrogen-bond donors (Lipinski definition) is 0. The van der Waals surface area contributed by atoms with Gasteiger partial charge in [0.15, 0.2) is 0 Å². The average Bonchev–Trinajstić information content (AvgIpc) is 3.54. The van der Waals surface area contributed by atoms with E-state index in [-0.39, 0.29) is 47.5 Å². The van der Waals surface area contributed by atoms with Gasteiger partial charge in [0.1, 0.15) is 17.6 Å². The van der Waals surface area contributed by atoms with Crippen molar-refractivity contribution in [1.82, 2.24) is 0 Å². The van der Waals surface area contributed by atoms with E-state index in [4.69, 9.17) is 25.9 Å². The summed E-state index contributed by atoms with van der Waals surface area (Å²) in [6.45, 7) is 0. The number of oxime groups is 1. The number of methoxy groups -OCH3 is 2. The van der Waals surface area contributed by atoms with E-state index in [0.717, 1.165) is 17.7 Å². The van der Waals surface area contributed by atoms with Crippen molar-refractivity contribution < 1.29 is 23.9 Å². The zero-order valence-corrected chi connectivity index (χ0v) is 18.3. The summed E-state index contributed by atoms with van der Waals surface area (Å²) in [6, 6.07) is 12.4. The number of halogens is 1. The number of benzene rings is 2. The zero-order chi connectivity index (χ0) is 22.1. The summed E-state index contributed by atoms with van der Waals surface area (Å²) in [5, 5.41) is 4.97. The predicted octanol–water partition coefficient (Wildman–Crippen LogP) is 3.53. The van der Waals surface area contributed by atoms with Crippen molar-refractivity contribution in [2.75, 3.05) is 19.1 Å². The normalized spacial score (nSPS) is 32.0. The number of ether oxygens (including phenoxy) is 2. The van der Waals surface area contributed by atoms with Gasteiger partial charge in [-0.15, -0.1) is 0 Å². The quantitative estimate of drug-likeness (QED) is 0.663. The van der Waals surface area contributed by atoms with Crippen LogP contribution in [-0.4, -0.2) is 37.8 Å². The smallest absolute Gasteiger partial charge is 0.238 e. The second-order valence-electron chi connectivity index (χ2n) is 8.74. The summed E-state index contributed by atoms with van der Waals surface area (Å²) in [4.78, 5) is 34.0. The Morgan fingerprint density at radius 3 is 2.38 bits per heavy atom. The van der Waals surface area contributed by atoms with Crippen LogP contribution in [0.15, 0.2) is 47.6 Å². The van der Waals surface area contributed by atoms with Crippen molar-refractivity contribution in [2.24, 2.45) is 34.7 Å². The van der Waals surface area contributed by atoms with Gasteiger partial charge in [-0.3, -0.25) is 14.5 Å². The van der Waals surface area contributed by atoms with E-state index in [0.29, 0.717) is 22.2 Å². The number of rotatable bonds is 4. The fourth-order valence-electron chi connectivity index (χ4n) is 6.20. The third-order valence-electron chi connectivity index (χ3n) is 7.46. The molecule has 2 aromatic rings. The van der Waals surface area contributed by atoms with Gasteiger partial charge < -0.3 is 14.3 Å². The minimum atomic E-state index is -0.364. The minimum absolute atomic E-state index is 0.00296. The highest BCUT2D eigenvalue weighted by Crippen LogP contribution is 2.62. The van der Waals surface area contributed by atoms with Gasteiger partial charge in [0.2, 0.25) is 11.8 Å². The fraction of sp³-hybridized carbons (Fsp3) is 0.375. The molecule has 2 heterocycles. The van der Waals surface area contributed by atoms with Crippen LogP contribution < -0.4 is 14.4 Å². The van der Waals surface area contributed by atoms with Crippen LogP contribution in [0.5, 0.6) is 11.5 Å². The van der Waals surface area contributed by atoms with E-state index in [9.17, 15) is 9.59 Å². The monoisotopic (exact) mass is 452 g/mol. The fourth-order valence-corrected chi connectivity index (χ4v) is 6.33. The molecule has 0 N–H and O–H groups in total. The molecule has 2 aromatic carbocycles. The van der Waals surface area contributed by atoms with Crippen LogP contribution in [0.1, 0.15) is 12.0 Å². The maximum absolute atomic E-state index is 13.5. The molecule has 2 amide bonds. The summed E-state index contributed by atoms with van der Waals surface area (Å²) >= 11 is 5.99. The van der Waals surface area contributed by atoms with Crippen LogP contribution in [0, 0.1) is 29.6 Å². The van der Waals surface area contributed by atoms with Gasteiger partial charge in [-0.1, -0.05) is 16.8 Å². The highest BCUT2D eigenvalue weighted by molar-refractivity contribution is 6.31. The maximum atomic E-state index is 13.5. The van der Waals surface area contributed by atoms with Gasteiger partial charge in [-0.25, -0.2) is 0 Å². The first-order chi connectivity index (χ1) is 15.5. The second kappa shape index (κ2) is 6.97. The number of nitrogens with zero attached hydrogens (tertiary/aromatic N) is 2. The lowest BCUT2D eigenvalue weighted by Crippen LogP contribution is -2.41. The van der Waals surface area contributed by atoms with E-state index < -0.39 is 0 Å². The van der Waals surface area contributed by atoms with Gasteiger partial charge in [0.25, 0.3) is 0 Å². The number of carbonyl (C=O) groups excluding carboxylic acids is 2. The first-order valence-electron chi connectivity index (χ1n) is 10.6. The molecule has 4 aliphatic rings. The van der Waals surface area contributed by atoms with Crippen LogP contribution in [0.4, 0.5) is 5.69 Å². The number of imide groups is 1. The number of amides is 2. The molecule has 8 heteroatoms. The Morgan fingerprint density at radius 2 is 1.69 bits per heavy atom. The summed E-state index contributed by atoms with van der Waals surface area (Å²) < 4.78 is 10.9. The highest BCUT2D eigenvalue weighted by Gasteiger charge is 2.70. The molecule has 0 aromatic heterocycles. The number of fused-ring (bicyclic) bond motifs is 8. The van der Waals surface area contributed by atoms with Crippen molar-refractivity contribution >= 4 is 34.8 Å². The maximum Gasteiger partial charge on any atom is 0.238 e. The van der Waals surface area contributed by atoms with Gasteiger partial charge >= 0.3 is 0 Å². The van der Waals surface area contributed by atoms with Crippen LogP contribution in [0.3, 0.4) is 0 Å². The van der Waals surface area contributed by atoms with Gasteiger partial charge in [-0.2, -0.15) is 0 Å². The molecule has 3 fully saturated rings. The van der Waals surface area contributed by atoms with Crippen molar-refractivity contribution in [3.05, 3.63) is 53.1 Å². The molecule has 7 nitrogen and oxygen atoms in total. The lowest BCUT2D eigenvalue weighted by atomic mass is 9.71. The highest BCUT2D eigenvalue weighted by atomic mass is 35.5. The molecule has 0 spiro atoms.